The fourth-order valence-electron chi connectivity index (χ4n) is 4.74. The van der Waals surface area contributed by atoms with Gasteiger partial charge in [0.1, 0.15) is 5.75 Å². The monoisotopic (exact) mass is 457 g/mol. The molecule has 1 aliphatic rings. The van der Waals surface area contributed by atoms with Crippen LogP contribution in [0, 0.1) is 0 Å². The third-order valence-corrected chi connectivity index (χ3v) is 6.68. The molecule has 0 unspecified atom stereocenters. The van der Waals surface area contributed by atoms with Crippen molar-refractivity contribution in [3.8, 4) is 5.75 Å². The summed E-state index contributed by atoms with van der Waals surface area (Å²) in [6, 6.07) is 24.3. The van der Waals surface area contributed by atoms with E-state index in [1.165, 1.54) is 5.56 Å². The Balaban J connectivity index is 1.44. The quantitative estimate of drug-likeness (QED) is 0.529. The molecule has 0 aromatic heterocycles. The van der Waals surface area contributed by atoms with Gasteiger partial charge in [-0.2, -0.15) is 0 Å². The highest BCUT2D eigenvalue weighted by molar-refractivity contribution is 5.94. The molecule has 0 saturated carbocycles. The Bertz CT molecular complexity index is 1070. The van der Waals surface area contributed by atoms with Gasteiger partial charge in [0.25, 0.3) is 5.91 Å². The van der Waals surface area contributed by atoms with Gasteiger partial charge in [0.15, 0.2) is 0 Å². The number of phenols is 1. The van der Waals surface area contributed by atoms with Crippen molar-refractivity contribution in [1.82, 2.24) is 9.80 Å². The second-order valence-electron chi connectivity index (χ2n) is 8.88. The van der Waals surface area contributed by atoms with Crippen LogP contribution in [0.25, 0.3) is 0 Å². The van der Waals surface area contributed by atoms with Crippen LogP contribution in [0.4, 0.5) is 5.69 Å². The number of hydrogen-bond donors (Lipinski definition) is 1. The Kier molecular flexibility index (Phi) is 7.86. The first-order valence-corrected chi connectivity index (χ1v) is 12.3. The number of para-hydroxylation sites is 1. The van der Waals surface area contributed by atoms with Crippen molar-refractivity contribution in [3.63, 3.8) is 0 Å². The average Bonchev–Trinajstić information content (AvgIpc) is 2.87. The van der Waals surface area contributed by atoms with Crippen LogP contribution in [0.2, 0.25) is 0 Å². The largest absolute Gasteiger partial charge is 0.506 e. The van der Waals surface area contributed by atoms with E-state index in [0.717, 1.165) is 55.1 Å². The Morgan fingerprint density at radius 2 is 1.50 bits per heavy atom. The molecule has 1 fully saturated rings. The number of nitrogens with zero attached hydrogens (tertiary/aromatic N) is 3. The molecule has 1 aliphatic heterocycles. The molecule has 3 aromatic rings. The second kappa shape index (κ2) is 11.2. The number of carbonyl (C=O) groups is 1. The average molecular weight is 458 g/mol. The van der Waals surface area contributed by atoms with E-state index in [4.69, 9.17) is 0 Å². The van der Waals surface area contributed by atoms with Gasteiger partial charge in [0.05, 0.1) is 5.69 Å². The minimum absolute atomic E-state index is 0.0722. The molecule has 178 valence electrons. The third kappa shape index (κ3) is 5.60. The SMILES string of the molecule is CCN(CC)C(=O)c1ccc(Cc2cccc(O)c2N2CCN(Cc3ccccc3)CC2)cc1. The first kappa shape index (κ1) is 23.8. The predicted octanol–water partition coefficient (Wildman–Crippen LogP) is 4.79. The van der Waals surface area contributed by atoms with Gasteiger partial charge in [-0.25, -0.2) is 0 Å². The maximum Gasteiger partial charge on any atom is 0.253 e. The summed E-state index contributed by atoms with van der Waals surface area (Å²) in [5, 5.41) is 10.7. The van der Waals surface area contributed by atoms with Gasteiger partial charge in [-0.3, -0.25) is 9.69 Å². The van der Waals surface area contributed by atoms with Gasteiger partial charge in [0.2, 0.25) is 0 Å². The molecule has 0 atom stereocenters. The molecule has 34 heavy (non-hydrogen) atoms. The lowest BCUT2D eigenvalue weighted by atomic mass is 10.00. The number of hydrogen-bond acceptors (Lipinski definition) is 4. The van der Waals surface area contributed by atoms with Crippen molar-refractivity contribution in [3.05, 3.63) is 95.1 Å². The van der Waals surface area contributed by atoms with Crippen molar-refractivity contribution in [2.75, 3.05) is 44.2 Å². The maximum absolute atomic E-state index is 12.6. The molecule has 0 aliphatic carbocycles. The normalized spacial score (nSPS) is 14.2. The highest BCUT2D eigenvalue weighted by Gasteiger charge is 2.22. The van der Waals surface area contributed by atoms with Crippen LogP contribution in [0.5, 0.6) is 5.75 Å². The summed E-state index contributed by atoms with van der Waals surface area (Å²) in [6.07, 6.45) is 0.716. The van der Waals surface area contributed by atoms with E-state index in [9.17, 15) is 9.90 Å². The Morgan fingerprint density at radius 3 is 2.15 bits per heavy atom. The minimum atomic E-state index is 0.0722. The summed E-state index contributed by atoms with van der Waals surface area (Å²) < 4.78 is 0. The fraction of sp³-hybridized carbons (Fsp3) is 0.345. The molecule has 0 radical (unpaired) electrons. The van der Waals surface area contributed by atoms with Crippen LogP contribution in [-0.2, 0) is 13.0 Å². The van der Waals surface area contributed by atoms with Crippen LogP contribution in [0.15, 0.2) is 72.8 Å². The van der Waals surface area contributed by atoms with Gasteiger partial charge in [-0.05, 0) is 55.2 Å². The number of phenolic OH excluding ortho intramolecular Hbond substituents is 1. The van der Waals surface area contributed by atoms with E-state index < -0.39 is 0 Å². The van der Waals surface area contributed by atoms with Gasteiger partial charge in [-0.1, -0.05) is 54.6 Å². The lowest BCUT2D eigenvalue weighted by Crippen LogP contribution is -2.46. The van der Waals surface area contributed by atoms with Gasteiger partial charge in [-0.15, -0.1) is 0 Å². The highest BCUT2D eigenvalue weighted by Crippen LogP contribution is 2.33. The van der Waals surface area contributed by atoms with Crippen molar-refractivity contribution >= 4 is 11.6 Å². The molecule has 0 bridgehead atoms. The summed E-state index contributed by atoms with van der Waals surface area (Å²) >= 11 is 0. The molecule has 1 N–H and O–H groups in total. The van der Waals surface area contributed by atoms with Crippen LogP contribution in [0.3, 0.4) is 0 Å². The van der Waals surface area contributed by atoms with Crippen molar-refractivity contribution < 1.29 is 9.90 Å². The lowest BCUT2D eigenvalue weighted by Gasteiger charge is -2.37. The minimum Gasteiger partial charge on any atom is -0.506 e. The Morgan fingerprint density at radius 1 is 0.824 bits per heavy atom. The number of amides is 1. The molecule has 1 saturated heterocycles. The lowest BCUT2D eigenvalue weighted by molar-refractivity contribution is 0.0773. The number of aromatic hydroxyl groups is 1. The van der Waals surface area contributed by atoms with Crippen molar-refractivity contribution in [2.45, 2.75) is 26.8 Å². The number of anilines is 1. The first-order valence-electron chi connectivity index (χ1n) is 12.3. The molecule has 5 heteroatoms. The van der Waals surface area contributed by atoms with Gasteiger partial charge >= 0.3 is 0 Å². The molecular weight excluding hydrogens is 422 g/mol. The molecule has 3 aromatic carbocycles. The second-order valence-corrected chi connectivity index (χ2v) is 8.88. The van der Waals surface area contributed by atoms with Crippen molar-refractivity contribution in [2.24, 2.45) is 0 Å². The molecule has 4 rings (SSSR count). The van der Waals surface area contributed by atoms with Crippen LogP contribution in [-0.4, -0.2) is 60.1 Å². The number of piperazine rings is 1. The van der Waals surface area contributed by atoms with Crippen molar-refractivity contribution in [1.29, 1.82) is 0 Å². The number of rotatable bonds is 8. The Labute approximate surface area is 203 Å². The summed E-state index contributed by atoms with van der Waals surface area (Å²) in [5.41, 5.74) is 5.23. The fourth-order valence-corrected chi connectivity index (χ4v) is 4.74. The number of benzene rings is 3. The topological polar surface area (TPSA) is 47.0 Å². The summed E-state index contributed by atoms with van der Waals surface area (Å²) in [5.74, 6) is 0.408. The zero-order valence-electron chi connectivity index (χ0n) is 20.3. The van der Waals surface area contributed by atoms with Gasteiger partial charge < -0.3 is 14.9 Å². The van der Waals surface area contributed by atoms with Crippen LogP contribution >= 0.6 is 0 Å². The van der Waals surface area contributed by atoms with E-state index >= 15 is 0 Å². The van der Waals surface area contributed by atoms with Gasteiger partial charge in [0, 0.05) is 51.4 Å². The van der Waals surface area contributed by atoms with Crippen LogP contribution in [0.1, 0.15) is 40.9 Å². The zero-order valence-corrected chi connectivity index (χ0v) is 20.3. The standard InChI is InChI=1S/C29H35N3O2/c1-3-31(4-2)29(34)25-15-13-23(14-16-25)21-26-11-8-12-27(33)28(26)32-19-17-30(18-20-32)22-24-9-6-5-7-10-24/h5-16,33H,3-4,17-22H2,1-2H3. The van der Waals surface area contributed by atoms with Crippen LogP contribution < -0.4 is 4.90 Å². The molecule has 0 spiro atoms. The van der Waals surface area contributed by atoms with E-state index in [1.807, 2.05) is 49.1 Å². The van der Waals surface area contributed by atoms with E-state index in [2.05, 4.69) is 46.2 Å². The summed E-state index contributed by atoms with van der Waals surface area (Å²) in [4.78, 5) is 19.2. The first-order chi connectivity index (χ1) is 16.6. The summed E-state index contributed by atoms with van der Waals surface area (Å²) in [6.45, 7) is 10.1. The Hall–Kier alpha value is -3.31. The highest BCUT2D eigenvalue weighted by atomic mass is 16.3. The number of carbonyl (C=O) groups excluding carboxylic acids is 1. The summed E-state index contributed by atoms with van der Waals surface area (Å²) in [7, 11) is 0. The molecule has 1 amide bonds. The molecule has 5 nitrogen and oxygen atoms in total. The van der Waals surface area contributed by atoms with E-state index in [1.54, 1.807) is 6.07 Å². The smallest absolute Gasteiger partial charge is 0.253 e. The molecule has 1 heterocycles. The zero-order chi connectivity index (χ0) is 23.9. The van der Waals surface area contributed by atoms with E-state index in [0.29, 0.717) is 25.3 Å². The molecular formula is C29H35N3O2. The predicted molar refractivity (Wildman–Crippen MR) is 139 cm³/mol. The van der Waals surface area contributed by atoms with E-state index in [-0.39, 0.29) is 5.91 Å². The maximum atomic E-state index is 12.6. The third-order valence-electron chi connectivity index (χ3n) is 6.68.